The molecule has 0 atom stereocenters. The van der Waals surface area contributed by atoms with Crippen LogP contribution in [0, 0.1) is 0 Å². The summed E-state index contributed by atoms with van der Waals surface area (Å²) in [5.41, 5.74) is 6.22. The van der Waals surface area contributed by atoms with E-state index >= 15 is 0 Å². The van der Waals surface area contributed by atoms with Crippen LogP contribution in [0.25, 0.3) is 0 Å². The molecule has 0 amide bonds. The number of hydrogen-bond donors (Lipinski definition) is 1. The lowest BCUT2D eigenvalue weighted by molar-refractivity contribution is 0.462. The maximum absolute atomic E-state index is 5.79. The second kappa shape index (κ2) is 5.12. The van der Waals surface area contributed by atoms with Crippen molar-refractivity contribution in [3.05, 3.63) is 45.0 Å². The number of anilines is 1. The average Bonchev–Trinajstić information content (AvgIpc) is 2.25. The maximum atomic E-state index is 5.79. The summed E-state index contributed by atoms with van der Waals surface area (Å²) in [7, 11) is 0. The normalized spacial score (nSPS) is 10.3. The van der Waals surface area contributed by atoms with E-state index in [9.17, 15) is 0 Å². The molecule has 1 aromatic heterocycles. The van der Waals surface area contributed by atoms with Gasteiger partial charge in [-0.1, -0.05) is 23.2 Å². The van der Waals surface area contributed by atoms with E-state index in [0.717, 1.165) is 0 Å². The fourth-order valence-corrected chi connectivity index (χ4v) is 2.09. The predicted molar refractivity (Wildman–Crippen MR) is 72.9 cm³/mol. The summed E-state index contributed by atoms with van der Waals surface area (Å²) in [4.78, 5) is 4.05. The Kier molecular flexibility index (Phi) is 3.76. The first-order valence-electron chi connectivity index (χ1n) is 4.60. The molecule has 0 saturated carbocycles. The Morgan fingerprint density at radius 3 is 2.59 bits per heavy atom. The molecule has 0 unspecified atom stereocenters. The largest absolute Gasteiger partial charge is 0.436 e. The molecular formula is C11H7BrCl2N2O. The highest BCUT2D eigenvalue weighted by Crippen LogP contribution is 2.33. The lowest BCUT2D eigenvalue weighted by Gasteiger charge is -2.09. The molecular weight excluding hydrogens is 327 g/mol. The Hall–Kier alpha value is -0.970. The fraction of sp³-hybridized carbons (Fsp3) is 0. The van der Waals surface area contributed by atoms with Crippen molar-refractivity contribution in [2.24, 2.45) is 0 Å². The Balaban J connectivity index is 2.31. The zero-order valence-electron chi connectivity index (χ0n) is 8.45. The summed E-state index contributed by atoms with van der Waals surface area (Å²) in [6, 6.07) is 6.67. The van der Waals surface area contributed by atoms with E-state index < -0.39 is 0 Å². The summed E-state index contributed by atoms with van der Waals surface area (Å²) in [6.45, 7) is 0. The first-order chi connectivity index (χ1) is 8.06. The monoisotopic (exact) mass is 332 g/mol. The third-order valence-corrected chi connectivity index (χ3v) is 2.96. The number of nitrogens with zero attached hydrogens (tertiary/aromatic N) is 1. The average molecular weight is 334 g/mol. The molecule has 2 rings (SSSR count). The van der Waals surface area contributed by atoms with Crippen molar-refractivity contribution in [3.8, 4) is 11.6 Å². The van der Waals surface area contributed by atoms with Gasteiger partial charge in [-0.25, -0.2) is 4.98 Å². The van der Waals surface area contributed by atoms with Gasteiger partial charge in [0, 0.05) is 11.2 Å². The van der Waals surface area contributed by atoms with Crippen LogP contribution in [0.1, 0.15) is 0 Å². The molecule has 3 nitrogen and oxygen atoms in total. The van der Waals surface area contributed by atoms with E-state index in [2.05, 4.69) is 20.9 Å². The highest BCUT2D eigenvalue weighted by molar-refractivity contribution is 9.10. The van der Waals surface area contributed by atoms with Crippen LogP contribution < -0.4 is 10.5 Å². The van der Waals surface area contributed by atoms with E-state index in [4.69, 9.17) is 33.7 Å². The van der Waals surface area contributed by atoms with Crippen LogP contribution in [0.5, 0.6) is 11.6 Å². The Bertz CT molecular complexity index is 514. The zero-order chi connectivity index (χ0) is 12.4. The summed E-state index contributed by atoms with van der Waals surface area (Å²) in [5.74, 6) is 0.883. The van der Waals surface area contributed by atoms with Crippen molar-refractivity contribution in [3.63, 3.8) is 0 Å². The molecule has 0 aliphatic rings. The standard InChI is InChI=1S/C11H7BrCl2N2O/c12-8-3-7(14)5-16-11(8)17-10-2-1-6(13)4-9(10)15/h1-5H,15H2. The van der Waals surface area contributed by atoms with Crippen LogP contribution in [0.3, 0.4) is 0 Å². The van der Waals surface area contributed by atoms with Gasteiger partial charge in [-0.15, -0.1) is 0 Å². The van der Waals surface area contributed by atoms with Crippen molar-refractivity contribution in [1.82, 2.24) is 4.98 Å². The zero-order valence-corrected chi connectivity index (χ0v) is 11.6. The molecule has 2 aromatic rings. The first kappa shape index (κ1) is 12.5. The Labute approximate surface area is 117 Å². The number of hydrogen-bond acceptors (Lipinski definition) is 3. The predicted octanol–water partition coefficient (Wildman–Crippen LogP) is 4.53. The highest BCUT2D eigenvalue weighted by Gasteiger charge is 2.08. The number of ether oxygens (including phenoxy) is 1. The van der Waals surface area contributed by atoms with Gasteiger partial charge >= 0.3 is 0 Å². The van der Waals surface area contributed by atoms with E-state index in [0.29, 0.717) is 31.8 Å². The number of nitrogens with two attached hydrogens (primary N) is 1. The van der Waals surface area contributed by atoms with Crippen LogP contribution in [0.4, 0.5) is 5.69 Å². The van der Waals surface area contributed by atoms with Crippen molar-refractivity contribution < 1.29 is 4.74 Å². The molecule has 1 aromatic carbocycles. The second-order valence-corrected chi connectivity index (χ2v) is 4.95. The SMILES string of the molecule is Nc1cc(Cl)ccc1Oc1ncc(Cl)cc1Br. The van der Waals surface area contributed by atoms with Crippen molar-refractivity contribution in [1.29, 1.82) is 0 Å². The second-order valence-electron chi connectivity index (χ2n) is 3.22. The minimum absolute atomic E-state index is 0.392. The summed E-state index contributed by atoms with van der Waals surface area (Å²) < 4.78 is 6.20. The summed E-state index contributed by atoms with van der Waals surface area (Å²) >= 11 is 14.9. The maximum Gasteiger partial charge on any atom is 0.233 e. The smallest absolute Gasteiger partial charge is 0.233 e. The molecule has 2 N–H and O–H groups in total. The molecule has 1 heterocycles. The van der Waals surface area contributed by atoms with E-state index in [1.807, 2.05) is 0 Å². The quantitative estimate of drug-likeness (QED) is 0.821. The Morgan fingerprint density at radius 2 is 1.94 bits per heavy atom. The molecule has 6 heteroatoms. The summed E-state index contributed by atoms with van der Waals surface area (Å²) in [5, 5.41) is 1.08. The number of halogens is 3. The van der Waals surface area contributed by atoms with Crippen LogP contribution in [0.2, 0.25) is 10.0 Å². The lowest BCUT2D eigenvalue weighted by Crippen LogP contribution is -1.94. The highest BCUT2D eigenvalue weighted by atomic mass is 79.9. The van der Waals surface area contributed by atoms with E-state index in [-0.39, 0.29) is 0 Å². The molecule has 0 aliphatic heterocycles. The van der Waals surface area contributed by atoms with Gasteiger partial charge in [0.05, 0.1) is 15.2 Å². The molecule has 88 valence electrons. The summed E-state index contributed by atoms with van der Waals surface area (Å²) in [6.07, 6.45) is 1.49. The lowest BCUT2D eigenvalue weighted by atomic mass is 10.3. The number of aromatic nitrogens is 1. The van der Waals surface area contributed by atoms with Gasteiger partial charge in [-0.05, 0) is 40.2 Å². The Morgan fingerprint density at radius 1 is 1.18 bits per heavy atom. The third-order valence-electron chi connectivity index (χ3n) is 1.95. The van der Waals surface area contributed by atoms with Crippen molar-refractivity contribution >= 4 is 44.8 Å². The van der Waals surface area contributed by atoms with Gasteiger partial charge in [0.1, 0.15) is 0 Å². The number of rotatable bonds is 2. The van der Waals surface area contributed by atoms with Gasteiger partial charge in [0.15, 0.2) is 5.75 Å². The van der Waals surface area contributed by atoms with E-state index in [1.165, 1.54) is 6.20 Å². The van der Waals surface area contributed by atoms with E-state index in [1.54, 1.807) is 24.3 Å². The minimum atomic E-state index is 0.392. The van der Waals surface area contributed by atoms with Crippen LogP contribution in [0.15, 0.2) is 34.9 Å². The first-order valence-corrected chi connectivity index (χ1v) is 6.15. The van der Waals surface area contributed by atoms with Crippen LogP contribution in [-0.4, -0.2) is 4.98 Å². The van der Waals surface area contributed by atoms with Gasteiger partial charge < -0.3 is 10.5 Å². The van der Waals surface area contributed by atoms with Crippen LogP contribution in [-0.2, 0) is 0 Å². The number of pyridine rings is 1. The molecule has 0 fully saturated rings. The molecule has 0 radical (unpaired) electrons. The topological polar surface area (TPSA) is 48.1 Å². The molecule has 0 aliphatic carbocycles. The molecule has 0 bridgehead atoms. The third kappa shape index (κ3) is 3.03. The molecule has 0 spiro atoms. The molecule has 17 heavy (non-hydrogen) atoms. The van der Waals surface area contributed by atoms with Gasteiger partial charge in [0.25, 0.3) is 0 Å². The number of nitrogen functional groups attached to an aromatic ring is 1. The van der Waals surface area contributed by atoms with Gasteiger partial charge in [-0.2, -0.15) is 0 Å². The fourth-order valence-electron chi connectivity index (χ4n) is 1.19. The van der Waals surface area contributed by atoms with Crippen molar-refractivity contribution in [2.45, 2.75) is 0 Å². The van der Waals surface area contributed by atoms with Crippen LogP contribution >= 0.6 is 39.1 Å². The minimum Gasteiger partial charge on any atom is -0.436 e. The van der Waals surface area contributed by atoms with Gasteiger partial charge in [-0.3, -0.25) is 0 Å². The van der Waals surface area contributed by atoms with Crippen molar-refractivity contribution in [2.75, 3.05) is 5.73 Å². The van der Waals surface area contributed by atoms with Gasteiger partial charge in [0.2, 0.25) is 5.88 Å². The molecule has 0 saturated heterocycles. The number of benzene rings is 1.